The van der Waals surface area contributed by atoms with Crippen molar-refractivity contribution in [3.05, 3.63) is 65.2 Å². The van der Waals surface area contributed by atoms with E-state index in [4.69, 9.17) is 4.74 Å². The van der Waals surface area contributed by atoms with E-state index in [-0.39, 0.29) is 11.8 Å². The molecule has 5 nitrogen and oxygen atoms in total. The Morgan fingerprint density at radius 3 is 2.61 bits per heavy atom. The highest BCUT2D eigenvalue weighted by Crippen LogP contribution is 2.32. The number of amides is 2. The third-order valence-electron chi connectivity index (χ3n) is 5.57. The minimum Gasteiger partial charge on any atom is -0.496 e. The molecular weight excluding hydrogens is 352 g/mol. The molecule has 0 aliphatic carbocycles. The number of nitrogens with zero attached hydrogens (tertiary/aromatic N) is 1. The Kier molecular flexibility index (Phi) is 6.02. The van der Waals surface area contributed by atoms with E-state index in [1.165, 1.54) is 0 Å². The van der Waals surface area contributed by atoms with E-state index in [0.717, 1.165) is 24.0 Å². The standard InChI is InChI=1S/C23H28N2O3/c1-17-9-4-5-10-18(17)15-24-22(27)23(2)13-8-14-25(16-23)21(26)19-11-6-7-12-20(19)28-3/h4-7,9-12H,8,13-16H2,1-3H3,(H,24,27). The van der Waals surface area contributed by atoms with Gasteiger partial charge in [-0.15, -0.1) is 0 Å². The monoisotopic (exact) mass is 380 g/mol. The van der Waals surface area contributed by atoms with Crippen molar-refractivity contribution in [2.75, 3.05) is 20.2 Å². The van der Waals surface area contributed by atoms with Crippen molar-refractivity contribution in [3.63, 3.8) is 0 Å². The predicted octanol–water partition coefficient (Wildman–Crippen LogP) is 3.56. The molecule has 1 aliphatic rings. The molecule has 148 valence electrons. The molecule has 1 atom stereocenters. The van der Waals surface area contributed by atoms with Crippen molar-refractivity contribution < 1.29 is 14.3 Å². The van der Waals surface area contributed by atoms with Crippen molar-refractivity contribution in [2.24, 2.45) is 5.41 Å². The summed E-state index contributed by atoms with van der Waals surface area (Å²) >= 11 is 0. The highest BCUT2D eigenvalue weighted by Gasteiger charge is 2.39. The van der Waals surface area contributed by atoms with E-state index in [1.807, 2.05) is 50.2 Å². The van der Waals surface area contributed by atoms with E-state index in [9.17, 15) is 9.59 Å². The molecule has 5 heteroatoms. The molecule has 0 aromatic heterocycles. The summed E-state index contributed by atoms with van der Waals surface area (Å²) < 4.78 is 5.33. The quantitative estimate of drug-likeness (QED) is 0.863. The zero-order chi connectivity index (χ0) is 20.1. The maximum atomic E-state index is 13.0. The fraction of sp³-hybridized carbons (Fsp3) is 0.391. The summed E-state index contributed by atoms with van der Waals surface area (Å²) in [6, 6.07) is 15.3. The van der Waals surface area contributed by atoms with Gasteiger partial charge in [-0.05, 0) is 49.9 Å². The van der Waals surface area contributed by atoms with Crippen LogP contribution in [0.5, 0.6) is 5.75 Å². The van der Waals surface area contributed by atoms with Crippen molar-refractivity contribution in [2.45, 2.75) is 33.2 Å². The maximum absolute atomic E-state index is 13.0. The van der Waals surface area contributed by atoms with Crippen LogP contribution in [-0.2, 0) is 11.3 Å². The van der Waals surface area contributed by atoms with Gasteiger partial charge in [0.2, 0.25) is 5.91 Å². The molecule has 0 saturated carbocycles. The third kappa shape index (κ3) is 4.19. The number of rotatable bonds is 5. The van der Waals surface area contributed by atoms with Gasteiger partial charge in [-0.1, -0.05) is 36.4 Å². The molecule has 3 rings (SSSR count). The lowest BCUT2D eigenvalue weighted by molar-refractivity contribution is -0.132. The van der Waals surface area contributed by atoms with Gasteiger partial charge in [0, 0.05) is 19.6 Å². The summed E-state index contributed by atoms with van der Waals surface area (Å²) in [5, 5.41) is 3.07. The Balaban J connectivity index is 1.69. The molecule has 0 bridgehead atoms. The molecule has 1 heterocycles. The number of ether oxygens (including phenoxy) is 1. The predicted molar refractivity (Wildman–Crippen MR) is 109 cm³/mol. The molecule has 0 radical (unpaired) electrons. The van der Waals surface area contributed by atoms with Crippen molar-refractivity contribution >= 4 is 11.8 Å². The first-order valence-electron chi connectivity index (χ1n) is 9.70. The largest absolute Gasteiger partial charge is 0.496 e. The van der Waals surface area contributed by atoms with E-state index in [1.54, 1.807) is 24.1 Å². The van der Waals surface area contributed by atoms with E-state index in [0.29, 0.717) is 30.9 Å². The first kappa shape index (κ1) is 19.9. The van der Waals surface area contributed by atoms with Crippen molar-refractivity contribution in [1.29, 1.82) is 0 Å². The molecule has 1 aliphatic heterocycles. The van der Waals surface area contributed by atoms with Crippen LogP contribution in [0.4, 0.5) is 0 Å². The summed E-state index contributed by atoms with van der Waals surface area (Å²) in [5.74, 6) is 0.465. The van der Waals surface area contributed by atoms with Crippen LogP contribution in [0.1, 0.15) is 41.3 Å². The minimum atomic E-state index is -0.599. The maximum Gasteiger partial charge on any atom is 0.257 e. The highest BCUT2D eigenvalue weighted by molar-refractivity contribution is 5.97. The van der Waals surface area contributed by atoms with Gasteiger partial charge in [-0.25, -0.2) is 0 Å². The molecule has 2 aromatic rings. The number of hydrogen-bond donors (Lipinski definition) is 1. The number of benzene rings is 2. The molecule has 1 fully saturated rings. The van der Waals surface area contributed by atoms with Crippen LogP contribution in [0.15, 0.2) is 48.5 Å². The third-order valence-corrected chi connectivity index (χ3v) is 5.57. The number of carbonyl (C=O) groups excluding carboxylic acids is 2. The fourth-order valence-electron chi connectivity index (χ4n) is 3.79. The number of carbonyl (C=O) groups is 2. The number of hydrogen-bond acceptors (Lipinski definition) is 3. The van der Waals surface area contributed by atoms with E-state index in [2.05, 4.69) is 5.32 Å². The topological polar surface area (TPSA) is 58.6 Å². The van der Waals surface area contributed by atoms with Gasteiger partial charge in [0.25, 0.3) is 5.91 Å². The van der Waals surface area contributed by atoms with Gasteiger partial charge in [0.15, 0.2) is 0 Å². The average Bonchev–Trinajstić information content (AvgIpc) is 2.72. The van der Waals surface area contributed by atoms with Crippen LogP contribution < -0.4 is 10.1 Å². The van der Waals surface area contributed by atoms with Gasteiger partial charge in [-0.2, -0.15) is 0 Å². The first-order valence-corrected chi connectivity index (χ1v) is 9.70. The Morgan fingerprint density at radius 1 is 1.14 bits per heavy atom. The molecule has 1 unspecified atom stereocenters. The lowest BCUT2D eigenvalue weighted by Gasteiger charge is -2.39. The van der Waals surface area contributed by atoms with E-state index < -0.39 is 5.41 Å². The van der Waals surface area contributed by atoms with Gasteiger partial charge < -0.3 is 15.0 Å². The average molecular weight is 380 g/mol. The molecule has 1 saturated heterocycles. The smallest absolute Gasteiger partial charge is 0.257 e. The Hall–Kier alpha value is -2.82. The van der Waals surface area contributed by atoms with Crippen LogP contribution in [0.25, 0.3) is 0 Å². The van der Waals surface area contributed by atoms with Gasteiger partial charge in [0.05, 0.1) is 18.1 Å². The Morgan fingerprint density at radius 2 is 1.86 bits per heavy atom. The van der Waals surface area contributed by atoms with Crippen LogP contribution >= 0.6 is 0 Å². The lowest BCUT2D eigenvalue weighted by atomic mass is 9.80. The molecule has 28 heavy (non-hydrogen) atoms. The second-order valence-corrected chi connectivity index (χ2v) is 7.70. The second kappa shape index (κ2) is 8.46. The summed E-state index contributed by atoms with van der Waals surface area (Å²) in [4.78, 5) is 27.8. The number of likely N-dealkylation sites (tertiary alicyclic amines) is 1. The van der Waals surface area contributed by atoms with E-state index >= 15 is 0 Å². The number of piperidine rings is 1. The lowest BCUT2D eigenvalue weighted by Crippen LogP contribution is -2.51. The normalized spacial score (nSPS) is 19.2. The van der Waals surface area contributed by atoms with Crippen LogP contribution in [0.3, 0.4) is 0 Å². The van der Waals surface area contributed by atoms with Crippen LogP contribution in [-0.4, -0.2) is 36.9 Å². The Bertz CT molecular complexity index is 864. The molecular formula is C23H28N2O3. The number of aryl methyl sites for hydroxylation is 1. The van der Waals surface area contributed by atoms with Gasteiger partial charge in [0.1, 0.15) is 5.75 Å². The SMILES string of the molecule is COc1ccccc1C(=O)N1CCCC(C)(C(=O)NCc2ccccc2C)C1. The summed E-state index contributed by atoms with van der Waals surface area (Å²) in [6.45, 7) is 5.54. The van der Waals surface area contributed by atoms with Gasteiger partial charge in [-0.3, -0.25) is 9.59 Å². The van der Waals surface area contributed by atoms with Crippen LogP contribution in [0.2, 0.25) is 0 Å². The molecule has 1 N–H and O–H groups in total. The molecule has 2 amide bonds. The van der Waals surface area contributed by atoms with Crippen molar-refractivity contribution in [3.8, 4) is 5.75 Å². The summed E-state index contributed by atoms with van der Waals surface area (Å²) in [7, 11) is 1.56. The molecule has 2 aromatic carbocycles. The summed E-state index contributed by atoms with van der Waals surface area (Å²) in [6.07, 6.45) is 1.57. The van der Waals surface area contributed by atoms with Crippen molar-refractivity contribution in [1.82, 2.24) is 10.2 Å². The second-order valence-electron chi connectivity index (χ2n) is 7.70. The fourth-order valence-corrected chi connectivity index (χ4v) is 3.79. The zero-order valence-electron chi connectivity index (χ0n) is 16.8. The summed E-state index contributed by atoms with van der Waals surface area (Å²) in [5.41, 5.74) is 2.20. The first-order chi connectivity index (χ1) is 13.4. The van der Waals surface area contributed by atoms with Gasteiger partial charge >= 0.3 is 0 Å². The minimum absolute atomic E-state index is 0.00622. The zero-order valence-corrected chi connectivity index (χ0v) is 16.8. The number of para-hydroxylation sites is 1. The number of methoxy groups -OCH3 is 1. The number of nitrogens with one attached hydrogen (secondary N) is 1. The Labute approximate surface area is 166 Å². The van der Waals surface area contributed by atoms with Crippen LogP contribution in [0, 0.1) is 12.3 Å². The molecule has 0 spiro atoms. The highest BCUT2D eigenvalue weighted by atomic mass is 16.5.